The van der Waals surface area contributed by atoms with E-state index in [-0.39, 0.29) is 11.7 Å². The van der Waals surface area contributed by atoms with Gasteiger partial charge in [0.25, 0.3) is 0 Å². The van der Waals surface area contributed by atoms with Crippen molar-refractivity contribution in [1.82, 2.24) is 13.8 Å². The first-order valence-electron chi connectivity index (χ1n) is 7.12. The van der Waals surface area contributed by atoms with Crippen LogP contribution in [0.3, 0.4) is 0 Å². The molecule has 0 bridgehead atoms. The molecule has 2 aromatic heterocycles. The van der Waals surface area contributed by atoms with Crippen LogP contribution in [-0.2, 0) is 4.79 Å². The van der Waals surface area contributed by atoms with Gasteiger partial charge in [-0.1, -0.05) is 35.5 Å². The number of nitrogens with zero attached hydrogens (tertiary/aromatic N) is 3. The third kappa shape index (κ3) is 2.98. The molecule has 0 saturated heterocycles. The SMILES string of the molecule is O=C(CSc1nsc2nc3ccccc3n12)Nc1ccc(Cl)cc1. The lowest BCUT2D eigenvalue weighted by Crippen LogP contribution is -2.14. The maximum absolute atomic E-state index is 12.1. The average molecular weight is 375 g/mol. The number of hydrogen-bond acceptors (Lipinski definition) is 5. The quantitative estimate of drug-likeness (QED) is 0.540. The van der Waals surface area contributed by atoms with Crippen LogP contribution in [0.1, 0.15) is 0 Å². The second kappa shape index (κ2) is 6.43. The molecule has 0 aliphatic rings. The molecule has 0 aliphatic carbocycles. The van der Waals surface area contributed by atoms with Gasteiger partial charge in [0.15, 0.2) is 5.16 Å². The summed E-state index contributed by atoms with van der Waals surface area (Å²) in [6.07, 6.45) is 0. The summed E-state index contributed by atoms with van der Waals surface area (Å²) in [6, 6.07) is 14.9. The molecular weight excluding hydrogens is 364 g/mol. The van der Waals surface area contributed by atoms with E-state index < -0.39 is 0 Å². The number of fused-ring (bicyclic) bond motifs is 3. The van der Waals surface area contributed by atoms with Crippen LogP contribution in [0.2, 0.25) is 5.02 Å². The van der Waals surface area contributed by atoms with Crippen molar-refractivity contribution in [3.8, 4) is 0 Å². The Morgan fingerprint density at radius 2 is 2.00 bits per heavy atom. The van der Waals surface area contributed by atoms with Crippen molar-refractivity contribution in [1.29, 1.82) is 0 Å². The minimum absolute atomic E-state index is 0.0899. The monoisotopic (exact) mass is 374 g/mol. The fourth-order valence-corrected chi connectivity index (χ4v) is 4.12. The van der Waals surface area contributed by atoms with Gasteiger partial charge in [-0.05, 0) is 36.4 Å². The number of imidazole rings is 1. The molecule has 4 aromatic rings. The number of anilines is 1. The average Bonchev–Trinajstić information content (AvgIpc) is 3.14. The summed E-state index contributed by atoms with van der Waals surface area (Å²) < 4.78 is 6.39. The van der Waals surface area contributed by atoms with Gasteiger partial charge in [0.05, 0.1) is 16.8 Å². The third-order valence-corrected chi connectivity index (χ3v) is 5.39. The van der Waals surface area contributed by atoms with Crippen LogP contribution in [-0.4, -0.2) is 25.4 Å². The number of nitrogens with one attached hydrogen (secondary N) is 1. The van der Waals surface area contributed by atoms with Crippen molar-refractivity contribution >= 4 is 62.5 Å². The highest BCUT2D eigenvalue weighted by Crippen LogP contribution is 2.27. The zero-order valence-electron chi connectivity index (χ0n) is 12.3. The highest BCUT2D eigenvalue weighted by Gasteiger charge is 2.13. The maximum Gasteiger partial charge on any atom is 0.234 e. The van der Waals surface area contributed by atoms with E-state index in [2.05, 4.69) is 14.7 Å². The smallest absolute Gasteiger partial charge is 0.234 e. The summed E-state index contributed by atoms with van der Waals surface area (Å²) in [7, 11) is 0. The van der Waals surface area contributed by atoms with Crippen LogP contribution in [0, 0.1) is 0 Å². The molecule has 2 aromatic carbocycles. The van der Waals surface area contributed by atoms with Gasteiger partial charge < -0.3 is 5.32 Å². The molecule has 0 unspecified atom stereocenters. The van der Waals surface area contributed by atoms with E-state index in [4.69, 9.17) is 11.6 Å². The number of carbonyl (C=O) groups is 1. The van der Waals surface area contributed by atoms with E-state index in [1.54, 1.807) is 24.3 Å². The Labute approximate surface area is 150 Å². The molecule has 120 valence electrons. The number of para-hydroxylation sites is 2. The van der Waals surface area contributed by atoms with Crippen LogP contribution in [0.25, 0.3) is 16.0 Å². The van der Waals surface area contributed by atoms with Gasteiger partial charge in [-0.2, -0.15) is 4.37 Å². The molecule has 1 amide bonds. The van der Waals surface area contributed by atoms with Gasteiger partial charge in [0.2, 0.25) is 10.9 Å². The first-order chi connectivity index (χ1) is 11.7. The highest BCUT2D eigenvalue weighted by atomic mass is 35.5. The first-order valence-corrected chi connectivity index (χ1v) is 9.25. The number of benzene rings is 2. The van der Waals surface area contributed by atoms with Gasteiger partial charge in [0.1, 0.15) is 0 Å². The van der Waals surface area contributed by atoms with Crippen molar-refractivity contribution in [2.24, 2.45) is 0 Å². The Morgan fingerprint density at radius 1 is 1.21 bits per heavy atom. The molecule has 2 heterocycles. The third-order valence-electron chi connectivity index (χ3n) is 3.39. The van der Waals surface area contributed by atoms with Gasteiger partial charge in [-0.3, -0.25) is 9.20 Å². The second-order valence-electron chi connectivity index (χ2n) is 5.03. The summed E-state index contributed by atoms with van der Waals surface area (Å²) in [6.45, 7) is 0. The van der Waals surface area contributed by atoms with E-state index in [0.29, 0.717) is 5.02 Å². The fraction of sp³-hybridized carbons (Fsp3) is 0.0625. The Bertz CT molecular complexity index is 1030. The fourth-order valence-electron chi connectivity index (χ4n) is 2.32. The Morgan fingerprint density at radius 3 is 2.83 bits per heavy atom. The van der Waals surface area contributed by atoms with Gasteiger partial charge in [0, 0.05) is 22.2 Å². The van der Waals surface area contributed by atoms with E-state index in [1.165, 1.54) is 23.3 Å². The summed E-state index contributed by atoms with van der Waals surface area (Å²) in [5.41, 5.74) is 2.65. The van der Waals surface area contributed by atoms with Gasteiger partial charge >= 0.3 is 0 Å². The number of hydrogen-bond donors (Lipinski definition) is 1. The van der Waals surface area contributed by atoms with Gasteiger partial charge in [-0.25, -0.2) is 4.98 Å². The predicted molar refractivity (Wildman–Crippen MR) is 99.2 cm³/mol. The second-order valence-corrected chi connectivity index (χ2v) is 7.14. The largest absolute Gasteiger partial charge is 0.325 e. The lowest BCUT2D eigenvalue weighted by Gasteiger charge is -2.04. The number of amides is 1. The molecule has 5 nitrogen and oxygen atoms in total. The summed E-state index contributed by atoms with van der Waals surface area (Å²) in [5.74, 6) is 0.182. The number of carbonyl (C=O) groups excluding carboxylic acids is 1. The number of halogens is 1. The molecule has 0 fully saturated rings. The molecule has 0 aliphatic heterocycles. The van der Waals surface area contributed by atoms with Crippen molar-refractivity contribution in [2.45, 2.75) is 5.16 Å². The van der Waals surface area contributed by atoms with Crippen LogP contribution in [0.4, 0.5) is 5.69 Å². The van der Waals surface area contributed by atoms with Crippen LogP contribution in [0.5, 0.6) is 0 Å². The Hall–Kier alpha value is -2.09. The van der Waals surface area contributed by atoms with Crippen LogP contribution < -0.4 is 5.32 Å². The zero-order chi connectivity index (χ0) is 16.5. The molecule has 0 radical (unpaired) electrons. The van der Waals surface area contributed by atoms with E-state index in [1.807, 2.05) is 28.7 Å². The van der Waals surface area contributed by atoms with Crippen molar-refractivity contribution < 1.29 is 4.79 Å². The molecular formula is C16H11ClN4OS2. The van der Waals surface area contributed by atoms with E-state index >= 15 is 0 Å². The lowest BCUT2D eigenvalue weighted by molar-refractivity contribution is -0.113. The molecule has 1 N–H and O–H groups in total. The molecule has 24 heavy (non-hydrogen) atoms. The Kier molecular flexibility index (Phi) is 4.13. The summed E-state index contributed by atoms with van der Waals surface area (Å²) >= 11 is 8.56. The van der Waals surface area contributed by atoms with Crippen molar-refractivity contribution in [3.05, 3.63) is 53.6 Å². The lowest BCUT2D eigenvalue weighted by atomic mass is 10.3. The standard InChI is InChI=1S/C16H11ClN4OS2/c17-10-5-7-11(8-6-10)18-14(22)9-23-16-20-24-15-19-12-3-1-2-4-13(12)21(15)16/h1-8H,9H2,(H,18,22). The minimum Gasteiger partial charge on any atom is -0.325 e. The van der Waals surface area contributed by atoms with E-state index in [9.17, 15) is 4.79 Å². The van der Waals surface area contributed by atoms with E-state index in [0.717, 1.165) is 26.8 Å². The minimum atomic E-state index is -0.0899. The highest BCUT2D eigenvalue weighted by molar-refractivity contribution is 7.99. The Balaban J connectivity index is 1.50. The number of rotatable bonds is 4. The maximum atomic E-state index is 12.1. The van der Waals surface area contributed by atoms with Crippen molar-refractivity contribution in [3.63, 3.8) is 0 Å². The van der Waals surface area contributed by atoms with Crippen LogP contribution >= 0.6 is 34.9 Å². The number of thioether (sulfide) groups is 1. The predicted octanol–water partition coefficient (Wildman–Crippen LogP) is 4.33. The first kappa shape index (κ1) is 15.4. The summed E-state index contributed by atoms with van der Waals surface area (Å²) in [5, 5.41) is 4.25. The topological polar surface area (TPSA) is 59.3 Å². The van der Waals surface area contributed by atoms with Gasteiger partial charge in [-0.15, -0.1) is 0 Å². The molecule has 0 saturated carbocycles. The zero-order valence-corrected chi connectivity index (χ0v) is 14.7. The summed E-state index contributed by atoms with van der Waals surface area (Å²) in [4.78, 5) is 17.5. The number of aromatic nitrogens is 3. The normalized spacial score (nSPS) is 11.2. The molecule has 0 atom stereocenters. The van der Waals surface area contributed by atoms with Crippen molar-refractivity contribution in [2.75, 3.05) is 11.1 Å². The van der Waals surface area contributed by atoms with Crippen LogP contribution in [0.15, 0.2) is 53.7 Å². The molecule has 8 heteroatoms. The molecule has 0 spiro atoms. The molecule has 4 rings (SSSR count).